The van der Waals surface area contributed by atoms with Crippen LogP contribution in [0.3, 0.4) is 0 Å². The van der Waals surface area contributed by atoms with Gasteiger partial charge in [-0.15, -0.1) is 0 Å². The van der Waals surface area contributed by atoms with Crippen molar-refractivity contribution >= 4 is 0 Å². The largest absolute Gasteiger partial charge is 0.395 e. The van der Waals surface area contributed by atoms with E-state index >= 15 is 0 Å². The zero-order valence-electron chi connectivity index (χ0n) is 14.4. The molecule has 3 unspecified atom stereocenters. The number of hydrogen-bond acceptors (Lipinski definition) is 4. The Morgan fingerprint density at radius 2 is 1.96 bits per heavy atom. The number of halogens is 2. The maximum absolute atomic E-state index is 12.4. The van der Waals surface area contributed by atoms with Gasteiger partial charge in [-0.1, -0.05) is 0 Å². The monoisotopic (exact) mass is 334 g/mol. The Balaban J connectivity index is 1.80. The summed E-state index contributed by atoms with van der Waals surface area (Å²) < 4.78 is 31.0. The number of hydrogen-bond donors (Lipinski definition) is 1. The van der Waals surface area contributed by atoms with Crippen LogP contribution in [0.5, 0.6) is 0 Å². The topological polar surface area (TPSA) is 35.9 Å². The Kier molecular flexibility index (Phi) is 7.66. The molecule has 2 fully saturated rings. The second-order valence-corrected chi connectivity index (χ2v) is 7.17. The van der Waals surface area contributed by atoms with Crippen LogP contribution in [0, 0.1) is 0 Å². The van der Waals surface area contributed by atoms with Gasteiger partial charge in [-0.05, 0) is 45.6 Å². The number of rotatable bonds is 10. The predicted octanol–water partition coefficient (Wildman–Crippen LogP) is 2.01. The van der Waals surface area contributed by atoms with Gasteiger partial charge in [-0.3, -0.25) is 18.6 Å². The summed E-state index contributed by atoms with van der Waals surface area (Å²) in [7, 11) is 0. The van der Waals surface area contributed by atoms with Gasteiger partial charge >= 0.3 is 0 Å². The van der Waals surface area contributed by atoms with Crippen molar-refractivity contribution in [1.29, 1.82) is 0 Å². The summed E-state index contributed by atoms with van der Waals surface area (Å²) in [5.41, 5.74) is -0.00373. The van der Waals surface area contributed by atoms with Crippen LogP contribution in [0.4, 0.5) is 8.78 Å². The number of likely N-dealkylation sites (tertiary alicyclic amines) is 2. The normalized spacial score (nSPS) is 32.9. The third-order valence-corrected chi connectivity index (χ3v) is 5.38. The molecule has 0 amide bonds. The molecule has 0 aromatic carbocycles. The Labute approximate surface area is 138 Å². The van der Waals surface area contributed by atoms with Gasteiger partial charge in [0.2, 0.25) is 0 Å². The van der Waals surface area contributed by atoms with Crippen LogP contribution in [-0.4, -0.2) is 85.3 Å². The first kappa shape index (κ1) is 19.0. The summed E-state index contributed by atoms with van der Waals surface area (Å²) >= 11 is 0. The molecule has 3 atom stereocenters. The van der Waals surface area contributed by atoms with E-state index in [1.807, 2.05) is 0 Å². The highest BCUT2D eigenvalue weighted by Crippen LogP contribution is 2.31. The van der Waals surface area contributed by atoms with Crippen LogP contribution in [0.15, 0.2) is 0 Å². The summed E-state index contributed by atoms with van der Waals surface area (Å²) in [5.74, 6) is 0. The van der Waals surface area contributed by atoms with E-state index < -0.39 is 0 Å². The van der Waals surface area contributed by atoms with Crippen LogP contribution in [0.2, 0.25) is 0 Å². The fourth-order valence-electron chi connectivity index (χ4n) is 3.96. The summed E-state index contributed by atoms with van der Waals surface area (Å²) in [6.45, 7) is 5.64. The highest BCUT2D eigenvalue weighted by atomic mass is 19.1. The van der Waals surface area contributed by atoms with Crippen molar-refractivity contribution in [3.05, 3.63) is 0 Å². The fourth-order valence-corrected chi connectivity index (χ4v) is 3.96. The number of ether oxygens (including phenoxy) is 1. The SMILES string of the molecule is CC1(COC2CC(CO)N(CCCF)C2)CCCN1CCCF. The molecule has 0 spiro atoms. The van der Waals surface area contributed by atoms with Gasteiger partial charge in [0.15, 0.2) is 0 Å². The van der Waals surface area contributed by atoms with Crippen molar-refractivity contribution in [2.24, 2.45) is 0 Å². The maximum Gasteiger partial charge on any atom is 0.0906 e. The lowest BCUT2D eigenvalue weighted by Gasteiger charge is -2.35. The molecular formula is C17H32F2N2O2. The standard InChI is InChI=1S/C17H32F2N2O2/c1-17(5-2-9-21(17)10-4-7-19)14-23-16-11-15(13-22)20(12-16)8-3-6-18/h15-16,22H,2-14H2,1H3. The average molecular weight is 334 g/mol. The molecule has 2 rings (SSSR count). The van der Waals surface area contributed by atoms with Gasteiger partial charge < -0.3 is 9.84 Å². The molecule has 0 aliphatic carbocycles. The Bertz CT molecular complexity index is 349. The maximum atomic E-state index is 12.4. The Morgan fingerprint density at radius 1 is 1.22 bits per heavy atom. The van der Waals surface area contributed by atoms with Crippen LogP contribution in [0.1, 0.15) is 39.0 Å². The third kappa shape index (κ3) is 5.08. The molecule has 136 valence electrons. The quantitative estimate of drug-likeness (QED) is 0.663. The van der Waals surface area contributed by atoms with Gasteiger partial charge in [0, 0.05) is 31.2 Å². The zero-order chi connectivity index (χ0) is 16.7. The third-order valence-electron chi connectivity index (χ3n) is 5.38. The molecule has 2 saturated heterocycles. The van der Waals surface area contributed by atoms with E-state index in [9.17, 15) is 13.9 Å². The molecule has 0 aromatic rings. The molecule has 2 aliphatic rings. The van der Waals surface area contributed by atoms with E-state index in [0.717, 1.165) is 38.9 Å². The molecule has 2 heterocycles. The van der Waals surface area contributed by atoms with Gasteiger partial charge in [0.25, 0.3) is 0 Å². The van der Waals surface area contributed by atoms with E-state index in [2.05, 4.69) is 16.7 Å². The number of nitrogens with zero attached hydrogens (tertiary/aromatic N) is 2. The molecule has 0 aromatic heterocycles. The lowest BCUT2D eigenvalue weighted by molar-refractivity contribution is -0.0155. The molecule has 6 heteroatoms. The van der Waals surface area contributed by atoms with Gasteiger partial charge in [0.1, 0.15) is 0 Å². The second kappa shape index (κ2) is 9.25. The van der Waals surface area contributed by atoms with Crippen molar-refractivity contribution in [1.82, 2.24) is 9.80 Å². The Hall–Kier alpha value is -0.300. The molecule has 0 saturated carbocycles. The van der Waals surface area contributed by atoms with Crippen molar-refractivity contribution in [3.63, 3.8) is 0 Å². The summed E-state index contributed by atoms with van der Waals surface area (Å²) in [5, 5.41) is 9.49. The van der Waals surface area contributed by atoms with Crippen LogP contribution < -0.4 is 0 Å². The minimum Gasteiger partial charge on any atom is -0.395 e. The molecule has 1 N–H and O–H groups in total. The number of alkyl halides is 2. The van der Waals surface area contributed by atoms with Gasteiger partial charge in [-0.2, -0.15) is 0 Å². The fraction of sp³-hybridized carbons (Fsp3) is 1.00. The molecule has 23 heavy (non-hydrogen) atoms. The summed E-state index contributed by atoms with van der Waals surface area (Å²) in [6, 6.07) is 0.0885. The van der Waals surface area contributed by atoms with Crippen LogP contribution in [-0.2, 0) is 4.74 Å². The first-order valence-electron chi connectivity index (χ1n) is 8.96. The highest BCUT2D eigenvalue weighted by Gasteiger charge is 2.38. The van der Waals surface area contributed by atoms with Crippen LogP contribution >= 0.6 is 0 Å². The average Bonchev–Trinajstić information content (AvgIpc) is 3.12. The molecule has 4 nitrogen and oxygen atoms in total. The van der Waals surface area contributed by atoms with E-state index in [-0.39, 0.29) is 37.6 Å². The van der Waals surface area contributed by atoms with Crippen molar-refractivity contribution in [2.45, 2.75) is 56.7 Å². The molecule has 0 radical (unpaired) electrons. The second-order valence-electron chi connectivity index (χ2n) is 7.17. The van der Waals surface area contributed by atoms with E-state index in [4.69, 9.17) is 4.74 Å². The molecular weight excluding hydrogens is 302 g/mol. The van der Waals surface area contributed by atoms with Crippen molar-refractivity contribution in [2.75, 3.05) is 52.7 Å². The molecule has 0 bridgehead atoms. The van der Waals surface area contributed by atoms with Crippen molar-refractivity contribution in [3.8, 4) is 0 Å². The zero-order valence-corrected chi connectivity index (χ0v) is 14.4. The minimum atomic E-state index is -0.318. The van der Waals surface area contributed by atoms with Crippen LogP contribution in [0.25, 0.3) is 0 Å². The summed E-state index contributed by atoms with van der Waals surface area (Å²) in [4.78, 5) is 4.49. The smallest absolute Gasteiger partial charge is 0.0906 e. The highest BCUT2D eigenvalue weighted by molar-refractivity contribution is 4.93. The van der Waals surface area contributed by atoms with E-state index in [1.54, 1.807) is 0 Å². The lowest BCUT2D eigenvalue weighted by Crippen LogP contribution is -2.46. The van der Waals surface area contributed by atoms with Crippen molar-refractivity contribution < 1.29 is 18.6 Å². The number of aliphatic hydroxyl groups is 1. The van der Waals surface area contributed by atoms with Gasteiger partial charge in [0.05, 0.1) is 32.7 Å². The molecule has 2 aliphatic heterocycles. The minimum absolute atomic E-state index is 0.00373. The summed E-state index contributed by atoms with van der Waals surface area (Å²) in [6.07, 6.45) is 4.23. The first-order chi connectivity index (χ1) is 11.1. The predicted molar refractivity (Wildman–Crippen MR) is 87.2 cm³/mol. The van der Waals surface area contributed by atoms with Gasteiger partial charge in [-0.25, -0.2) is 0 Å². The Morgan fingerprint density at radius 3 is 2.65 bits per heavy atom. The lowest BCUT2D eigenvalue weighted by atomic mass is 10.00. The first-order valence-corrected chi connectivity index (χ1v) is 8.96. The van der Waals surface area contributed by atoms with E-state index in [1.165, 1.54) is 0 Å². The van der Waals surface area contributed by atoms with E-state index in [0.29, 0.717) is 26.0 Å². The number of aliphatic hydroxyl groups excluding tert-OH is 1.